The van der Waals surface area contributed by atoms with Crippen LogP contribution in [0.15, 0.2) is 34.9 Å². The van der Waals surface area contributed by atoms with Crippen molar-refractivity contribution in [2.24, 2.45) is 10.2 Å². The Morgan fingerprint density at radius 2 is 1.76 bits per heavy atom. The third-order valence-corrected chi connectivity index (χ3v) is 5.46. The first kappa shape index (κ1) is 31.8. The molecule has 0 radical (unpaired) electrons. The van der Waals surface area contributed by atoms with Gasteiger partial charge in [0.25, 0.3) is 5.95 Å². The zero-order valence-electron chi connectivity index (χ0n) is 24.4. The van der Waals surface area contributed by atoms with Crippen molar-refractivity contribution in [3.05, 3.63) is 30.2 Å². The molecule has 0 aliphatic heterocycles. The second kappa shape index (κ2) is 16.5. The predicted molar refractivity (Wildman–Crippen MR) is 154 cm³/mol. The molecule has 3 heterocycles. The van der Waals surface area contributed by atoms with Gasteiger partial charge in [0, 0.05) is 51.7 Å². The molecule has 0 spiro atoms. The summed E-state index contributed by atoms with van der Waals surface area (Å²) in [5, 5.41) is 32.5. The number of carbonyl (C=O) groups is 1. The Hall–Kier alpha value is -4.75. The Morgan fingerprint density at radius 1 is 1.07 bits per heavy atom. The number of aromatic nitrogens is 6. The summed E-state index contributed by atoms with van der Waals surface area (Å²) in [6.07, 6.45) is 5.44. The van der Waals surface area contributed by atoms with Crippen LogP contribution in [0.4, 0.5) is 29.1 Å². The molecule has 3 aromatic rings. The van der Waals surface area contributed by atoms with Gasteiger partial charge in [-0.05, 0) is 26.3 Å². The van der Waals surface area contributed by atoms with Crippen LogP contribution in [0, 0.1) is 11.3 Å². The third-order valence-electron chi connectivity index (χ3n) is 5.46. The number of nitrogens with one attached hydrogen (secondary N) is 3. The van der Waals surface area contributed by atoms with Crippen molar-refractivity contribution in [3.63, 3.8) is 0 Å². The molecule has 0 aromatic carbocycles. The van der Waals surface area contributed by atoms with Crippen molar-refractivity contribution in [1.29, 1.82) is 5.26 Å². The minimum absolute atomic E-state index is 0.0641. The van der Waals surface area contributed by atoms with E-state index in [4.69, 9.17) is 14.2 Å². The highest BCUT2D eigenvalue weighted by Gasteiger charge is 2.19. The molecular weight excluding hydrogens is 544 g/mol. The molecule has 0 amide bonds. The molecule has 0 aliphatic rings. The van der Waals surface area contributed by atoms with Crippen molar-refractivity contribution in [3.8, 4) is 12.0 Å². The summed E-state index contributed by atoms with van der Waals surface area (Å²) in [6, 6.07) is 3.51. The van der Waals surface area contributed by atoms with E-state index in [0.29, 0.717) is 50.2 Å². The fourth-order valence-electron chi connectivity index (χ4n) is 3.57. The standard InChI is InChI=1S/C26H36N12O4/c1-6-20(39)42-12-8-11-28-23-21(24(31-17(2)15-40-4)34-25(33-23)32-18(3)16-41-5)35-36-22-19(13-27)14-38(37-22)26-29-9-7-10-30-26/h7,9-10,14,17-18H,6,8,11-12,15-16H2,1-5H3,(H3,28,31,32,33,34). The number of nitriles is 1. The zero-order chi connectivity index (χ0) is 30.3. The van der Waals surface area contributed by atoms with E-state index in [1.165, 1.54) is 10.9 Å². The monoisotopic (exact) mass is 580 g/mol. The number of nitrogens with zero attached hydrogens (tertiary/aromatic N) is 9. The SMILES string of the molecule is CCC(=O)OCCCNc1nc(NC(C)COC)nc(NC(C)COC)c1N=Nc1nn(-c2ncccn2)cc1C#N. The summed E-state index contributed by atoms with van der Waals surface area (Å²) < 4.78 is 17.1. The number of carbonyl (C=O) groups excluding carboxylic acids is 1. The van der Waals surface area contributed by atoms with Gasteiger partial charge in [0.15, 0.2) is 17.3 Å². The van der Waals surface area contributed by atoms with Gasteiger partial charge < -0.3 is 30.2 Å². The fraction of sp³-hybridized carbons (Fsp3) is 0.500. The largest absolute Gasteiger partial charge is 0.466 e. The van der Waals surface area contributed by atoms with Gasteiger partial charge in [-0.3, -0.25) is 4.79 Å². The first-order valence-electron chi connectivity index (χ1n) is 13.4. The van der Waals surface area contributed by atoms with Gasteiger partial charge >= 0.3 is 5.97 Å². The van der Waals surface area contributed by atoms with Crippen molar-refractivity contribution in [2.75, 3.05) is 56.5 Å². The Kier molecular flexibility index (Phi) is 12.5. The van der Waals surface area contributed by atoms with Crippen LogP contribution in [0.25, 0.3) is 5.95 Å². The maximum Gasteiger partial charge on any atom is 0.305 e. The Balaban J connectivity index is 2.00. The Labute approximate surface area is 243 Å². The summed E-state index contributed by atoms with van der Waals surface area (Å²) in [5.41, 5.74) is 0.455. The second-order valence-corrected chi connectivity index (χ2v) is 9.12. The Bertz CT molecular complexity index is 1360. The highest BCUT2D eigenvalue weighted by Crippen LogP contribution is 2.34. The van der Waals surface area contributed by atoms with Crippen LogP contribution in [-0.4, -0.2) is 88.4 Å². The molecule has 0 saturated carbocycles. The van der Waals surface area contributed by atoms with Crippen molar-refractivity contribution < 1.29 is 19.0 Å². The molecular formula is C26H36N12O4. The van der Waals surface area contributed by atoms with E-state index in [1.807, 2.05) is 13.8 Å². The average Bonchev–Trinajstić information content (AvgIpc) is 3.40. The van der Waals surface area contributed by atoms with Gasteiger partial charge in [-0.1, -0.05) is 6.92 Å². The first-order valence-corrected chi connectivity index (χ1v) is 13.4. The molecule has 0 fully saturated rings. The topological polar surface area (TPSA) is 199 Å². The molecule has 3 aromatic heterocycles. The third kappa shape index (κ3) is 9.42. The van der Waals surface area contributed by atoms with Gasteiger partial charge in [-0.2, -0.15) is 15.2 Å². The summed E-state index contributed by atoms with van der Waals surface area (Å²) in [5.74, 6) is 1.13. The van der Waals surface area contributed by atoms with Crippen LogP contribution in [0.5, 0.6) is 0 Å². The molecule has 3 N–H and O–H groups in total. The fourth-order valence-corrected chi connectivity index (χ4v) is 3.57. The van der Waals surface area contributed by atoms with E-state index in [2.05, 4.69) is 57.3 Å². The molecule has 3 rings (SSSR count). The highest BCUT2D eigenvalue weighted by atomic mass is 16.5. The highest BCUT2D eigenvalue weighted by molar-refractivity contribution is 5.75. The molecule has 16 heteroatoms. The lowest BCUT2D eigenvalue weighted by Crippen LogP contribution is -2.25. The molecule has 2 atom stereocenters. The van der Waals surface area contributed by atoms with Crippen LogP contribution < -0.4 is 16.0 Å². The van der Waals surface area contributed by atoms with Crippen LogP contribution >= 0.6 is 0 Å². The van der Waals surface area contributed by atoms with Gasteiger partial charge in [0.05, 0.1) is 26.0 Å². The number of hydrogen-bond acceptors (Lipinski definition) is 15. The van der Waals surface area contributed by atoms with E-state index >= 15 is 0 Å². The van der Waals surface area contributed by atoms with Gasteiger partial charge in [-0.15, -0.1) is 15.3 Å². The number of esters is 1. The van der Waals surface area contributed by atoms with Crippen LogP contribution in [-0.2, 0) is 19.0 Å². The average molecular weight is 581 g/mol. The van der Waals surface area contributed by atoms with Gasteiger partial charge in [0.1, 0.15) is 11.6 Å². The lowest BCUT2D eigenvalue weighted by molar-refractivity contribution is -0.143. The van der Waals surface area contributed by atoms with Gasteiger partial charge in [0.2, 0.25) is 11.8 Å². The van der Waals surface area contributed by atoms with Crippen LogP contribution in [0.1, 0.15) is 39.2 Å². The van der Waals surface area contributed by atoms with Crippen LogP contribution in [0.3, 0.4) is 0 Å². The quantitative estimate of drug-likeness (QED) is 0.119. The van der Waals surface area contributed by atoms with E-state index in [0.717, 1.165) is 0 Å². The molecule has 16 nitrogen and oxygen atoms in total. The molecule has 224 valence electrons. The number of methoxy groups -OCH3 is 2. The molecule has 2 unspecified atom stereocenters. The number of anilines is 3. The minimum atomic E-state index is -0.266. The summed E-state index contributed by atoms with van der Waals surface area (Å²) in [4.78, 5) is 29.1. The summed E-state index contributed by atoms with van der Waals surface area (Å²) >= 11 is 0. The van der Waals surface area contributed by atoms with Gasteiger partial charge in [-0.25, -0.2) is 14.6 Å². The maximum atomic E-state index is 11.5. The maximum absolute atomic E-state index is 11.5. The normalized spacial score (nSPS) is 12.5. The number of azo groups is 1. The molecule has 0 saturated heterocycles. The van der Waals surface area contributed by atoms with Crippen LogP contribution in [0.2, 0.25) is 0 Å². The summed E-state index contributed by atoms with van der Waals surface area (Å²) in [6.45, 7) is 7.10. The van der Waals surface area contributed by atoms with E-state index in [1.54, 1.807) is 39.6 Å². The van der Waals surface area contributed by atoms with Crippen molar-refractivity contribution in [2.45, 2.75) is 45.7 Å². The number of rotatable bonds is 17. The zero-order valence-corrected chi connectivity index (χ0v) is 24.4. The van der Waals surface area contributed by atoms with E-state index < -0.39 is 0 Å². The predicted octanol–water partition coefficient (Wildman–Crippen LogP) is 3.39. The molecule has 42 heavy (non-hydrogen) atoms. The van der Waals surface area contributed by atoms with Crippen molar-refractivity contribution >= 4 is 35.1 Å². The van der Waals surface area contributed by atoms with E-state index in [-0.39, 0.29) is 47.7 Å². The summed E-state index contributed by atoms with van der Waals surface area (Å²) in [7, 11) is 3.22. The molecule has 0 bridgehead atoms. The molecule has 0 aliphatic carbocycles. The Morgan fingerprint density at radius 3 is 2.43 bits per heavy atom. The first-order chi connectivity index (χ1) is 20.4. The van der Waals surface area contributed by atoms with Crippen molar-refractivity contribution in [1.82, 2.24) is 29.7 Å². The van der Waals surface area contributed by atoms with E-state index in [9.17, 15) is 10.1 Å². The lowest BCUT2D eigenvalue weighted by atomic mass is 10.3. The number of ether oxygens (including phenoxy) is 3. The lowest BCUT2D eigenvalue weighted by Gasteiger charge is -2.19. The smallest absolute Gasteiger partial charge is 0.305 e. The minimum Gasteiger partial charge on any atom is -0.466 e. The second-order valence-electron chi connectivity index (χ2n) is 9.12. The number of hydrogen-bond donors (Lipinski definition) is 3.